The summed E-state index contributed by atoms with van der Waals surface area (Å²) in [6.45, 7) is 4.63. The van der Waals surface area contributed by atoms with Crippen LogP contribution >= 0.6 is 0 Å². The van der Waals surface area contributed by atoms with Gasteiger partial charge < -0.3 is 9.32 Å². The highest BCUT2D eigenvalue weighted by molar-refractivity contribution is 5.99. The topological polar surface area (TPSA) is 16.4 Å². The van der Waals surface area contributed by atoms with Gasteiger partial charge >= 0.3 is 0 Å². The van der Waals surface area contributed by atoms with E-state index in [-0.39, 0.29) is 5.41 Å². The van der Waals surface area contributed by atoms with Crippen LogP contribution in [0, 0.1) is 0 Å². The van der Waals surface area contributed by atoms with E-state index in [4.69, 9.17) is 4.42 Å². The largest absolute Gasteiger partial charge is 0.456 e. The number of hydrogen-bond donors (Lipinski definition) is 0. The first-order valence-corrected chi connectivity index (χ1v) is 18.3. The van der Waals surface area contributed by atoms with E-state index in [1.165, 1.54) is 66.2 Å². The zero-order valence-corrected chi connectivity index (χ0v) is 29.8. The summed E-state index contributed by atoms with van der Waals surface area (Å²) in [6, 6.07) is 67.7. The molecular formula is C51H37NO. The van der Waals surface area contributed by atoms with Crippen molar-refractivity contribution in [2.45, 2.75) is 19.3 Å². The molecule has 0 atom stereocenters. The molecule has 1 aliphatic rings. The third-order valence-corrected chi connectivity index (χ3v) is 11.1. The standard InChI is InChI=1S/C51H37NO/c1-51(2)46-17-10-16-44(48(46)50-49(51)45-15-8-9-18-47(45)53-50)39-21-19-36(20-22-39)38-25-30-42(31-26-38)52(43-32-27-35-13-6-7-14-40(35)33-43)41-28-23-37(24-29-41)34-11-4-3-5-12-34/h3-33H,1-2H3. The summed E-state index contributed by atoms with van der Waals surface area (Å²) in [7, 11) is 0. The van der Waals surface area contributed by atoms with E-state index in [1.54, 1.807) is 0 Å². The molecule has 2 heteroatoms. The molecule has 0 spiro atoms. The summed E-state index contributed by atoms with van der Waals surface area (Å²) in [5.41, 5.74) is 15.2. The molecular weight excluding hydrogens is 643 g/mol. The van der Waals surface area contributed by atoms with Crippen molar-refractivity contribution in [2.24, 2.45) is 0 Å². The van der Waals surface area contributed by atoms with Gasteiger partial charge in [-0.15, -0.1) is 0 Å². The van der Waals surface area contributed by atoms with Crippen molar-refractivity contribution in [3.8, 4) is 44.7 Å². The van der Waals surface area contributed by atoms with Crippen LogP contribution in [0.2, 0.25) is 0 Å². The van der Waals surface area contributed by atoms with Gasteiger partial charge in [0.15, 0.2) is 0 Å². The Kier molecular flexibility index (Phi) is 7.19. The monoisotopic (exact) mass is 679 g/mol. The smallest absolute Gasteiger partial charge is 0.140 e. The molecule has 0 amide bonds. The van der Waals surface area contributed by atoms with Gasteiger partial charge in [0.05, 0.1) is 0 Å². The van der Waals surface area contributed by atoms with Gasteiger partial charge in [-0.25, -0.2) is 0 Å². The quantitative estimate of drug-likeness (QED) is 0.174. The maximum atomic E-state index is 6.57. The Balaban J connectivity index is 0.994. The molecule has 10 rings (SSSR count). The van der Waals surface area contributed by atoms with Gasteiger partial charge in [0.25, 0.3) is 0 Å². The molecule has 0 saturated heterocycles. The Morgan fingerprint density at radius 2 is 0.981 bits per heavy atom. The summed E-state index contributed by atoms with van der Waals surface area (Å²) in [5.74, 6) is 1.01. The van der Waals surface area contributed by atoms with Crippen LogP contribution in [0.15, 0.2) is 192 Å². The lowest BCUT2D eigenvalue weighted by molar-refractivity contribution is 0.619. The van der Waals surface area contributed by atoms with Crippen LogP contribution in [0.1, 0.15) is 25.0 Å². The summed E-state index contributed by atoms with van der Waals surface area (Å²) in [5, 5.41) is 3.66. The van der Waals surface area contributed by atoms with Crippen molar-refractivity contribution in [1.29, 1.82) is 0 Å². The zero-order chi connectivity index (χ0) is 35.5. The molecule has 0 unspecified atom stereocenters. The number of nitrogens with zero attached hydrogens (tertiary/aromatic N) is 1. The van der Waals surface area contributed by atoms with Gasteiger partial charge in [-0.3, -0.25) is 0 Å². The van der Waals surface area contributed by atoms with E-state index < -0.39 is 0 Å². The lowest BCUT2D eigenvalue weighted by atomic mass is 9.81. The number of rotatable bonds is 6. The van der Waals surface area contributed by atoms with Gasteiger partial charge in [-0.1, -0.05) is 159 Å². The minimum absolute atomic E-state index is 0.139. The molecule has 53 heavy (non-hydrogen) atoms. The fraction of sp³-hybridized carbons (Fsp3) is 0.0588. The van der Waals surface area contributed by atoms with E-state index in [0.717, 1.165) is 28.4 Å². The minimum atomic E-state index is -0.139. The summed E-state index contributed by atoms with van der Waals surface area (Å²) < 4.78 is 6.57. The first kappa shape index (κ1) is 31.1. The highest BCUT2D eigenvalue weighted by Crippen LogP contribution is 2.55. The fourth-order valence-electron chi connectivity index (χ4n) is 8.38. The maximum absolute atomic E-state index is 6.57. The van der Waals surface area contributed by atoms with Crippen molar-refractivity contribution >= 4 is 38.8 Å². The molecule has 0 radical (unpaired) electrons. The molecule has 1 heterocycles. The van der Waals surface area contributed by atoms with Gasteiger partial charge in [-0.2, -0.15) is 0 Å². The molecule has 0 N–H and O–H groups in total. The second-order valence-corrected chi connectivity index (χ2v) is 14.6. The van der Waals surface area contributed by atoms with Crippen LogP contribution in [0.5, 0.6) is 0 Å². The van der Waals surface area contributed by atoms with Crippen LogP contribution in [0.4, 0.5) is 17.1 Å². The second kappa shape index (κ2) is 12.3. The molecule has 0 fully saturated rings. The number of para-hydroxylation sites is 1. The van der Waals surface area contributed by atoms with Gasteiger partial charge in [0, 0.05) is 39.0 Å². The van der Waals surface area contributed by atoms with E-state index >= 15 is 0 Å². The van der Waals surface area contributed by atoms with Gasteiger partial charge in [0.2, 0.25) is 0 Å². The SMILES string of the molecule is CC1(C)c2cccc(-c3ccc(-c4ccc(N(c5ccc(-c6ccccc6)cc5)c5ccc6ccccc6c5)cc4)cc3)c2-c2oc3ccccc3c21. The summed E-state index contributed by atoms with van der Waals surface area (Å²) >= 11 is 0. The van der Waals surface area contributed by atoms with Crippen LogP contribution in [-0.4, -0.2) is 0 Å². The van der Waals surface area contributed by atoms with Crippen LogP contribution in [-0.2, 0) is 5.41 Å². The molecule has 1 aliphatic carbocycles. The molecule has 9 aromatic rings. The van der Waals surface area contributed by atoms with Crippen molar-refractivity contribution in [2.75, 3.05) is 4.90 Å². The summed E-state index contributed by atoms with van der Waals surface area (Å²) in [4.78, 5) is 2.35. The Morgan fingerprint density at radius 3 is 1.68 bits per heavy atom. The van der Waals surface area contributed by atoms with E-state index in [0.29, 0.717) is 0 Å². The first-order valence-electron chi connectivity index (χ1n) is 18.3. The van der Waals surface area contributed by atoms with Crippen LogP contribution < -0.4 is 4.90 Å². The average molecular weight is 680 g/mol. The zero-order valence-electron chi connectivity index (χ0n) is 29.8. The Bertz CT molecular complexity index is 2770. The Morgan fingerprint density at radius 1 is 0.434 bits per heavy atom. The Labute approximate surface area is 310 Å². The number of hydrogen-bond acceptors (Lipinski definition) is 2. The predicted octanol–water partition coefficient (Wildman–Crippen LogP) is 14.4. The van der Waals surface area contributed by atoms with E-state index in [2.05, 4.69) is 207 Å². The molecule has 0 aliphatic heterocycles. The third kappa shape index (κ3) is 5.18. The third-order valence-electron chi connectivity index (χ3n) is 11.1. The lowest BCUT2D eigenvalue weighted by Gasteiger charge is -2.26. The average Bonchev–Trinajstić information content (AvgIpc) is 3.72. The molecule has 8 aromatic carbocycles. The van der Waals surface area contributed by atoms with Crippen molar-refractivity contribution in [1.82, 2.24) is 0 Å². The first-order chi connectivity index (χ1) is 26.0. The van der Waals surface area contributed by atoms with Crippen molar-refractivity contribution < 1.29 is 4.42 Å². The highest BCUT2D eigenvalue weighted by atomic mass is 16.3. The molecule has 252 valence electrons. The van der Waals surface area contributed by atoms with Gasteiger partial charge in [0.1, 0.15) is 11.3 Å². The maximum Gasteiger partial charge on any atom is 0.140 e. The summed E-state index contributed by atoms with van der Waals surface area (Å²) in [6.07, 6.45) is 0. The van der Waals surface area contributed by atoms with Gasteiger partial charge in [-0.05, 0) is 92.2 Å². The molecule has 1 aromatic heterocycles. The van der Waals surface area contributed by atoms with Crippen molar-refractivity contribution in [3.63, 3.8) is 0 Å². The van der Waals surface area contributed by atoms with E-state index in [1.807, 2.05) is 0 Å². The number of furan rings is 1. The second-order valence-electron chi connectivity index (χ2n) is 14.6. The molecule has 0 saturated carbocycles. The van der Waals surface area contributed by atoms with Crippen LogP contribution in [0.25, 0.3) is 66.4 Å². The fourth-order valence-corrected chi connectivity index (χ4v) is 8.38. The van der Waals surface area contributed by atoms with E-state index in [9.17, 15) is 0 Å². The number of anilines is 3. The minimum Gasteiger partial charge on any atom is -0.456 e. The number of benzene rings is 8. The highest BCUT2D eigenvalue weighted by Gasteiger charge is 2.41. The predicted molar refractivity (Wildman–Crippen MR) is 222 cm³/mol. The van der Waals surface area contributed by atoms with Crippen molar-refractivity contribution in [3.05, 3.63) is 199 Å². The molecule has 0 bridgehead atoms. The normalized spacial score (nSPS) is 12.9. The molecule has 2 nitrogen and oxygen atoms in total. The van der Waals surface area contributed by atoms with Crippen LogP contribution in [0.3, 0.4) is 0 Å². The Hall–Kier alpha value is -6.64. The lowest BCUT2D eigenvalue weighted by Crippen LogP contribution is -2.14. The number of fused-ring (bicyclic) bond motifs is 6.